The van der Waals surface area contributed by atoms with Crippen molar-refractivity contribution in [3.63, 3.8) is 0 Å². The van der Waals surface area contributed by atoms with Crippen LogP contribution in [0.2, 0.25) is 5.02 Å². The number of benzene rings is 3. The van der Waals surface area contributed by atoms with Crippen LogP contribution in [0.25, 0.3) is 11.0 Å². The summed E-state index contributed by atoms with van der Waals surface area (Å²) in [4.78, 5) is 44.6. The van der Waals surface area contributed by atoms with E-state index in [0.717, 1.165) is 5.56 Å². The van der Waals surface area contributed by atoms with Crippen molar-refractivity contribution in [3.8, 4) is 0 Å². The summed E-state index contributed by atoms with van der Waals surface area (Å²) in [5, 5.41) is 3.34. The zero-order valence-electron chi connectivity index (χ0n) is 17.7. The third-order valence-corrected chi connectivity index (χ3v) is 6.28. The molecule has 0 fully saturated rings. The van der Waals surface area contributed by atoms with Crippen LogP contribution < -0.4 is 5.32 Å². The van der Waals surface area contributed by atoms with Gasteiger partial charge >= 0.3 is 0 Å². The average molecular weight is 458 g/mol. The van der Waals surface area contributed by atoms with Crippen molar-refractivity contribution in [3.05, 3.63) is 101 Å². The highest BCUT2D eigenvalue weighted by molar-refractivity contribution is 6.30. The molecule has 1 aliphatic rings. The number of halogens is 1. The maximum atomic E-state index is 13.9. The van der Waals surface area contributed by atoms with E-state index in [1.165, 1.54) is 11.5 Å². The molecule has 0 saturated carbocycles. The van der Waals surface area contributed by atoms with E-state index in [1.54, 1.807) is 54.6 Å². The van der Waals surface area contributed by atoms with Gasteiger partial charge in [-0.1, -0.05) is 66.2 Å². The first kappa shape index (κ1) is 21.1. The monoisotopic (exact) mass is 457 g/mol. The van der Waals surface area contributed by atoms with E-state index in [0.29, 0.717) is 27.4 Å². The second-order valence-corrected chi connectivity index (χ2v) is 8.53. The molecule has 0 spiro atoms. The largest absolute Gasteiger partial charge is 0.344 e. The predicted octanol–water partition coefficient (Wildman–Crippen LogP) is 4.60. The summed E-state index contributed by atoms with van der Waals surface area (Å²) in [5.74, 6) is -1.94. The summed E-state index contributed by atoms with van der Waals surface area (Å²) in [6.45, 7) is 1.36. The van der Waals surface area contributed by atoms with E-state index in [4.69, 9.17) is 16.6 Å². The first-order valence-electron chi connectivity index (χ1n) is 10.6. The van der Waals surface area contributed by atoms with Crippen LogP contribution >= 0.6 is 11.6 Å². The zero-order valence-corrected chi connectivity index (χ0v) is 18.5. The van der Waals surface area contributed by atoms with Crippen LogP contribution in [-0.2, 0) is 4.79 Å². The molecule has 0 aliphatic carbocycles. The highest BCUT2D eigenvalue weighted by Crippen LogP contribution is 2.43. The summed E-state index contributed by atoms with van der Waals surface area (Å²) in [6, 6.07) is 22.2. The Hall–Kier alpha value is -3.77. The molecule has 1 aliphatic heterocycles. The minimum atomic E-state index is -0.952. The van der Waals surface area contributed by atoms with Crippen molar-refractivity contribution in [1.29, 1.82) is 0 Å². The van der Waals surface area contributed by atoms with Crippen LogP contribution in [0, 0.1) is 0 Å². The SMILES string of the molecule is CC(=O)N[C@@H]1C(=O)n2c(nc3ccccc32)[C@H](C(=O)c2ccccc2)[C@H]1c1ccc(Cl)cc1. The number of Topliss-reactive ketones (excluding diaryl/α,β-unsaturated/α-hetero) is 1. The normalized spacial score (nSPS) is 19.8. The van der Waals surface area contributed by atoms with Crippen LogP contribution in [0.5, 0.6) is 0 Å². The minimum absolute atomic E-state index is 0.171. The van der Waals surface area contributed by atoms with Gasteiger partial charge in [0.2, 0.25) is 5.91 Å². The standard InChI is InChI=1S/C26H20ClN3O3/c1-15(31)28-23-21(16-11-13-18(27)14-12-16)22(24(32)17-7-3-2-4-8-17)25-29-19-9-5-6-10-20(19)30(25)26(23)33/h2-14,21-23H,1H3,(H,28,31)/t21-,22+,23+/m1/s1. The second kappa shape index (κ2) is 8.30. The predicted molar refractivity (Wildman–Crippen MR) is 126 cm³/mol. The molecular formula is C26H20ClN3O3. The Morgan fingerprint density at radius 3 is 2.30 bits per heavy atom. The number of nitrogens with zero attached hydrogens (tertiary/aromatic N) is 2. The van der Waals surface area contributed by atoms with Gasteiger partial charge in [0.15, 0.2) is 5.78 Å². The topological polar surface area (TPSA) is 81.1 Å². The molecule has 3 atom stereocenters. The van der Waals surface area contributed by atoms with Crippen LogP contribution in [0.3, 0.4) is 0 Å². The number of aromatic nitrogens is 2. The van der Waals surface area contributed by atoms with Gasteiger partial charge < -0.3 is 5.32 Å². The average Bonchev–Trinajstić information content (AvgIpc) is 3.21. The molecule has 1 aromatic heterocycles. The van der Waals surface area contributed by atoms with E-state index in [9.17, 15) is 14.4 Å². The minimum Gasteiger partial charge on any atom is -0.344 e. The van der Waals surface area contributed by atoms with E-state index in [-0.39, 0.29) is 17.6 Å². The first-order valence-corrected chi connectivity index (χ1v) is 11.0. The number of hydrogen-bond acceptors (Lipinski definition) is 4. The molecule has 6 nitrogen and oxygen atoms in total. The van der Waals surface area contributed by atoms with Crippen LogP contribution in [-0.4, -0.2) is 33.2 Å². The fourth-order valence-electron chi connectivity index (χ4n) is 4.63. The molecule has 1 N–H and O–H groups in total. The molecule has 0 bridgehead atoms. The van der Waals surface area contributed by atoms with Gasteiger partial charge in [0.25, 0.3) is 5.91 Å². The first-order chi connectivity index (χ1) is 16.0. The van der Waals surface area contributed by atoms with E-state index >= 15 is 0 Å². The molecule has 164 valence electrons. The lowest BCUT2D eigenvalue weighted by molar-refractivity contribution is -0.119. The number of fused-ring (bicyclic) bond motifs is 3. The Balaban J connectivity index is 1.79. The van der Waals surface area contributed by atoms with Gasteiger partial charge in [-0.05, 0) is 29.8 Å². The summed E-state index contributed by atoms with van der Waals surface area (Å²) in [6.07, 6.45) is 0. The highest BCUT2D eigenvalue weighted by Gasteiger charge is 2.48. The highest BCUT2D eigenvalue weighted by atomic mass is 35.5. The maximum absolute atomic E-state index is 13.9. The zero-order chi connectivity index (χ0) is 23.1. The number of para-hydroxylation sites is 2. The van der Waals surface area contributed by atoms with Gasteiger partial charge in [0, 0.05) is 23.4 Å². The summed E-state index contributed by atoms with van der Waals surface area (Å²) in [7, 11) is 0. The van der Waals surface area contributed by atoms with Crippen molar-refractivity contribution in [2.45, 2.75) is 24.8 Å². The van der Waals surface area contributed by atoms with E-state index in [1.807, 2.05) is 24.3 Å². The Kier molecular flexibility index (Phi) is 5.30. The van der Waals surface area contributed by atoms with Crippen molar-refractivity contribution in [2.75, 3.05) is 0 Å². The lowest BCUT2D eigenvalue weighted by Gasteiger charge is -2.37. The van der Waals surface area contributed by atoms with Crippen LogP contribution in [0.4, 0.5) is 0 Å². The number of nitrogens with one attached hydrogen (secondary N) is 1. The fourth-order valence-corrected chi connectivity index (χ4v) is 4.76. The molecule has 2 heterocycles. The lowest BCUT2D eigenvalue weighted by atomic mass is 9.74. The Morgan fingerprint density at radius 1 is 0.939 bits per heavy atom. The number of imidazole rings is 1. The Bertz CT molecular complexity index is 1380. The molecule has 0 saturated heterocycles. The van der Waals surface area contributed by atoms with Gasteiger partial charge in [-0.15, -0.1) is 0 Å². The number of amides is 1. The van der Waals surface area contributed by atoms with Crippen molar-refractivity contribution < 1.29 is 14.4 Å². The van der Waals surface area contributed by atoms with Crippen molar-refractivity contribution in [2.24, 2.45) is 0 Å². The Labute approximate surface area is 195 Å². The van der Waals surface area contributed by atoms with E-state index < -0.39 is 17.9 Å². The third kappa shape index (κ3) is 3.62. The number of hydrogen-bond donors (Lipinski definition) is 1. The third-order valence-electron chi connectivity index (χ3n) is 6.02. The quantitative estimate of drug-likeness (QED) is 0.454. The van der Waals surface area contributed by atoms with Gasteiger partial charge in [-0.2, -0.15) is 0 Å². The van der Waals surface area contributed by atoms with Crippen molar-refractivity contribution >= 4 is 40.2 Å². The molecule has 5 rings (SSSR count). The second-order valence-electron chi connectivity index (χ2n) is 8.10. The molecule has 7 heteroatoms. The van der Waals surface area contributed by atoms with Gasteiger partial charge in [-0.3, -0.25) is 19.0 Å². The molecule has 0 unspecified atom stereocenters. The van der Waals surface area contributed by atoms with Gasteiger partial charge in [-0.25, -0.2) is 4.98 Å². The molecule has 33 heavy (non-hydrogen) atoms. The fraction of sp³-hybridized carbons (Fsp3) is 0.154. The molecular weight excluding hydrogens is 438 g/mol. The van der Waals surface area contributed by atoms with E-state index in [2.05, 4.69) is 5.32 Å². The summed E-state index contributed by atoms with van der Waals surface area (Å²) >= 11 is 6.11. The molecule has 3 aromatic carbocycles. The number of carbonyl (C=O) groups is 3. The maximum Gasteiger partial charge on any atom is 0.255 e. The number of ketones is 1. The summed E-state index contributed by atoms with van der Waals surface area (Å²) < 4.78 is 1.48. The number of carbonyl (C=O) groups excluding carboxylic acids is 3. The van der Waals surface area contributed by atoms with Gasteiger partial charge in [0.1, 0.15) is 11.9 Å². The van der Waals surface area contributed by atoms with Crippen molar-refractivity contribution in [1.82, 2.24) is 14.9 Å². The van der Waals surface area contributed by atoms with Crippen LogP contribution in [0.15, 0.2) is 78.9 Å². The molecule has 1 amide bonds. The Morgan fingerprint density at radius 2 is 1.61 bits per heavy atom. The number of rotatable bonds is 4. The van der Waals surface area contributed by atoms with Crippen LogP contribution in [0.1, 0.15) is 45.3 Å². The lowest BCUT2D eigenvalue weighted by Crippen LogP contribution is -2.53. The summed E-state index contributed by atoms with van der Waals surface area (Å²) in [5.41, 5.74) is 2.45. The molecule has 4 aromatic rings. The molecule has 0 radical (unpaired) electrons. The smallest absolute Gasteiger partial charge is 0.255 e. The van der Waals surface area contributed by atoms with Gasteiger partial charge in [0.05, 0.1) is 17.0 Å².